The van der Waals surface area contributed by atoms with E-state index >= 15 is 0 Å². The molecule has 76 valence electrons. The molecule has 0 aromatic carbocycles. The average Bonchev–Trinajstić information content (AvgIpc) is 2.03. The SMILES string of the molecule is CC(C)/N=C1/CCCCN1C(C)C. The summed E-state index contributed by atoms with van der Waals surface area (Å²) in [6, 6.07) is 1.05. The first-order chi connectivity index (χ1) is 6.11. The van der Waals surface area contributed by atoms with E-state index in [1.807, 2.05) is 0 Å². The van der Waals surface area contributed by atoms with Crippen LogP contribution in [-0.4, -0.2) is 29.4 Å². The number of piperidine rings is 1. The Bertz CT molecular complexity index is 183. The van der Waals surface area contributed by atoms with Crippen molar-refractivity contribution in [3.05, 3.63) is 0 Å². The molecule has 0 spiro atoms. The zero-order valence-electron chi connectivity index (χ0n) is 9.38. The van der Waals surface area contributed by atoms with Gasteiger partial charge in [-0.1, -0.05) is 0 Å². The molecule has 0 amide bonds. The molecule has 0 saturated carbocycles. The van der Waals surface area contributed by atoms with Gasteiger partial charge in [0.25, 0.3) is 0 Å². The first-order valence-corrected chi connectivity index (χ1v) is 5.44. The van der Waals surface area contributed by atoms with Crippen LogP contribution >= 0.6 is 0 Å². The van der Waals surface area contributed by atoms with Gasteiger partial charge in [-0.05, 0) is 40.5 Å². The van der Waals surface area contributed by atoms with Gasteiger partial charge in [-0.25, -0.2) is 0 Å². The van der Waals surface area contributed by atoms with Crippen molar-refractivity contribution in [3.63, 3.8) is 0 Å². The van der Waals surface area contributed by atoms with E-state index < -0.39 is 0 Å². The lowest BCUT2D eigenvalue weighted by Crippen LogP contribution is -2.40. The van der Waals surface area contributed by atoms with Crippen LogP contribution in [0.15, 0.2) is 4.99 Å². The van der Waals surface area contributed by atoms with Crippen molar-refractivity contribution in [2.45, 2.75) is 59.0 Å². The number of amidine groups is 1. The quantitative estimate of drug-likeness (QED) is 0.641. The molecule has 1 saturated heterocycles. The van der Waals surface area contributed by atoms with Gasteiger partial charge in [-0.3, -0.25) is 4.99 Å². The summed E-state index contributed by atoms with van der Waals surface area (Å²) >= 11 is 0. The van der Waals surface area contributed by atoms with Crippen molar-refractivity contribution in [2.75, 3.05) is 6.54 Å². The lowest BCUT2D eigenvalue weighted by atomic mass is 10.1. The van der Waals surface area contributed by atoms with Gasteiger partial charge in [0, 0.05) is 25.0 Å². The lowest BCUT2D eigenvalue weighted by molar-refractivity contribution is 0.311. The van der Waals surface area contributed by atoms with E-state index in [0.29, 0.717) is 12.1 Å². The lowest BCUT2D eigenvalue weighted by Gasteiger charge is -2.34. The molecule has 0 N–H and O–H groups in total. The third-order valence-corrected chi connectivity index (χ3v) is 2.41. The maximum Gasteiger partial charge on any atom is 0.0994 e. The summed E-state index contributed by atoms with van der Waals surface area (Å²) in [6.07, 6.45) is 3.82. The molecule has 13 heavy (non-hydrogen) atoms. The van der Waals surface area contributed by atoms with Gasteiger partial charge in [-0.2, -0.15) is 0 Å². The Labute approximate surface area is 82.0 Å². The highest BCUT2D eigenvalue weighted by atomic mass is 15.2. The highest BCUT2D eigenvalue weighted by Crippen LogP contribution is 2.15. The summed E-state index contributed by atoms with van der Waals surface area (Å²) in [5, 5.41) is 0. The van der Waals surface area contributed by atoms with E-state index in [2.05, 4.69) is 37.6 Å². The molecular weight excluding hydrogens is 160 g/mol. The van der Waals surface area contributed by atoms with E-state index in [9.17, 15) is 0 Å². The van der Waals surface area contributed by atoms with Gasteiger partial charge in [0.15, 0.2) is 0 Å². The molecule has 2 nitrogen and oxygen atoms in total. The van der Waals surface area contributed by atoms with Crippen molar-refractivity contribution in [1.82, 2.24) is 4.90 Å². The minimum Gasteiger partial charge on any atom is -0.358 e. The highest BCUT2D eigenvalue weighted by Gasteiger charge is 2.18. The third kappa shape index (κ3) is 3.02. The van der Waals surface area contributed by atoms with Crippen LogP contribution in [0.3, 0.4) is 0 Å². The topological polar surface area (TPSA) is 15.6 Å². The number of aliphatic imine (C=N–C) groups is 1. The fourth-order valence-electron chi connectivity index (χ4n) is 1.83. The van der Waals surface area contributed by atoms with Gasteiger partial charge in [0.2, 0.25) is 0 Å². The van der Waals surface area contributed by atoms with Gasteiger partial charge in [0.1, 0.15) is 0 Å². The standard InChI is InChI=1S/C11H22N2/c1-9(2)12-11-7-5-6-8-13(11)10(3)4/h9-10H,5-8H2,1-4H3/b12-11-. The summed E-state index contributed by atoms with van der Waals surface area (Å²) in [6.45, 7) is 10.0. The maximum atomic E-state index is 4.68. The van der Waals surface area contributed by atoms with Gasteiger partial charge in [0.05, 0.1) is 5.84 Å². The largest absolute Gasteiger partial charge is 0.358 e. The average molecular weight is 182 g/mol. The molecular formula is C11H22N2. The Hall–Kier alpha value is -0.530. The molecule has 0 bridgehead atoms. The second-order valence-corrected chi connectivity index (χ2v) is 4.38. The van der Waals surface area contributed by atoms with Crippen LogP contribution in [0.2, 0.25) is 0 Å². The fourth-order valence-corrected chi connectivity index (χ4v) is 1.83. The number of nitrogens with zero attached hydrogens (tertiary/aromatic N) is 2. The third-order valence-electron chi connectivity index (χ3n) is 2.41. The van der Waals surface area contributed by atoms with Crippen LogP contribution in [0.5, 0.6) is 0 Å². The monoisotopic (exact) mass is 182 g/mol. The van der Waals surface area contributed by atoms with E-state index in [1.54, 1.807) is 0 Å². The Morgan fingerprint density at radius 2 is 1.85 bits per heavy atom. The molecule has 1 fully saturated rings. The molecule has 0 aliphatic carbocycles. The van der Waals surface area contributed by atoms with Crippen molar-refractivity contribution >= 4 is 5.84 Å². The summed E-state index contributed by atoms with van der Waals surface area (Å²) < 4.78 is 0. The van der Waals surface area contributed by atoms with Crippen LogP contribution in [-0.2, 0) is 0 Å². The van der Waals surface area contributed by atoms with Crippen LogP contribution in [0.1, 0.15) is 47.0 Å². The van der Waals surface area contributed by atoms with Crippen LogP contribution < -0.4 is 0 Å². The number of hydrogen-bond acceptors (Lipinski definition) is 1. The molecule has 1 rings (SSSR count). The smallest absolute Gasteiger partial charge is 0.0994 e. The Morgan fingerprint density at radius 1 is 1.15 bits per heavy atom. The maximum absolute atomic E-state index is 4.68. The molecule has 1 heterocycles. The zero-order valence-corrected chi connectivity index (χ0v) is 9.38. The zero-order chi connectivity index (χ0) is 9.84. The Morgan fingerprint density at radius 3 is 2.38 bits per heavy atom. The van der Waals surface area contributed by atoms with E-state index in [0.717, 1.165) is 0 Å². The predicted octanol–water partition coefficient (Wildman–Crippen LogP) is 2.69. The number of likely N-dealkylation sites (tertiary alicyclic amines) is 1. The van der Waals surface area contributed by atoms with Crippen molar-refractivity contribution in [1.29, 1.82) is 0 Å². The molecule has 0 aromatic rings. The highest BCUT2D eigenvalue weighted by molar-refractivity contribution is 5.83. The van der Waals surface area contributed by atoms with Crippen LogP contribution in [0.4, 0.5) is 0 Å². The molecule has 1 aliphatic rings. The van der Waals surface area contributed by atoms with E-state index in [1.165, 1.54) is 31.6 Å². The normalized spacial score (nSPS) is 22.0. The molecule has 0 atom stereocenters. The molecule has 0 aromatic heterocycles. The molecule has 0 unspecified atom stereocenters. The van der Waals surface area contributed by atoms with Crippen molar-refractivity contribution < 1.29 is 0 Å². The summed E-state index contributed by atoms with van der Waals surface area (Å²) in [5.74, 6) is 1.33. The van der Waals surface area contributed by atoms with E-state index in [4.69, 9.17) is 0 Å². The second kappa shape index (κ2) is 4.64. The van der Waals surface area contributed by atoms with Crippen LogP contribution in [0.25, 0.3) is 0 Å². The minimum absolute atomic E-state index is 0.439. The fraction of sp³-hybridized carbons (Fsp3) is 0.909. The summed E-state index contributed by atoms with van der Waals surface area (Å²) in [7, 11) is 0. The minimum atomic E-state index is 0.439. The van der Waals surface area contributed by atoms with Crippen LogP contribution in [0, 0.1) is 0 Å². The summed E-state index contributed by atoms with van der Waals surface area (Å²) in [4.78, 5) is 7.13. The summed E-state index contributed by atoms with van der Waals surface area (Å²) in [5.41, 5.74) is 0. The number of hydrogen-bond donors (Lipinski definition) is 0. The van der Waals surface area contributed by atoms with Gasteiger partial charge >= 0.3 is 0 Å². The van der Waals surface area contributed by atoms with Gasteiger partial charge < -0.3 is 4.90 Å². The number of rotatable bonds is 2. The Kier molecular flexibility index (Phi) is 3.76. The molecule has 2 heteroatoms. The molecule has 0 radical (unpaired) electrons. The predicted molar refractivity (Wildman–Crippen MR) is 58.3 cm³/mol. The van der Waals surface area contributed by atoms with Crippen molar-refractivity contribution in [3.8, 4) is 0 Å². The first kappa shape index (κ1) is 10.6. The Balaban J connectivity index is 2.67. The second-order valence-electron chi connectivity index (χ2n) is 4.38. The van der Waals surface area contributed by atoms with E-state index in [-0.39, 0.29) is 0 Å². The van der Waals surface area contributed by atoms with Crippen molar-refractivity contribution in [2.24, 2.45) is 4.99 Å². The molecule has 1 aliphatic heterocycles. The first-order valence-electron chi connectivity index (χ1n) is 5.44. The van der Waals surface area contributed by atoms with Gasteiger partial charge in [-0.15, -0.1) is 0 Å².